The Bertz CT molecular complexity index is 378. The molecule has 0 bridgehead atoms. The van der Waals surface area contributed by atoms with Gasteiger partial charge in [-0.25, -0.2) is 0 Å². The molecule has 1 aromatic heterocycles. The minimum absolute atomic E-state index is 0.0381. The number of nitrogens with two attached hydrogens (primary N) is 1. The van der Waals surface area contributed by atoms with Crippen LogP contribution in [0.1, 0.15) is 23.4 Å². The van der Waals surface area contributed by atoms with Gasteiger partial charge in [0, 0.05) is 13.1 Å². The Morgan fingerprint density at radius 3 is 3.06 bits per heavy atom. The third-order valence-electron chi connectivity index (χ3n) is 2.92. The molecule has 1 unspecified atom stereocenters. The zero-order valence-corrected chi connectivity index (χ0v) is 10.6. The number of hydrogen-bond acceptors (Lipinski definition) is 3. The average molecular weight is 287 g/mol. The number of piperidine rings is 1. The monoisotopic (exact) mass is 286 g/mol. The molecule has 5 heteroatoms. The van der Waals surface area contributed by atoms with Crippen molar-refractivity contribution in [2.75, 3.05) is 19.6 Å². The fraction of sp³-hybridized carbons (Fsp3) is 0.545. The van der Waals surface area contributed by atoms with E-state index in [4.69, 9.17) is 10.2 Å². The predicted molar refractivity (Wildman–Crippen MR) is 64.1 cm³/mol. The van der Waals surface area contributed by atoms with Crippen LogP contribution in [-0.4, -0.2) is 30.4 Å². The van der Waals surface area contributed by atoms with Gasteiger partial charge in [0.05, 0.1) is 0 Å². The van der Waals surface area contributed by atoms with Crippen molar-refractivity contribution in [3.63, 3.8) is 0 Å². The molecule has 0 radical (unpaired) electrons. The zero-order chi connectivity index (χ0) is 11.5. The normalized spacial score (nSPS) is 21.1. The first-order chi connectivity index (χ1) is 7.70. The number of nitrogens with zero attached hydrogens (tertiary/aromatic N) is 1. The van der Waals surface area contributed by atoms with Crippen molar-refractivity contribution in [1.82, 2.24) is 4.90 Å². The fourth-order valence-electron chi connectivity index (χ4n) is 2.03. The third kappa shape index (κ3) is 2.47. The van der Waals surface area contributed by atoms with E-state index >= 15 is 0 Å². The van der Waals surface area contributed by atoms with Gasteiger partial charge in [-0.1, -0.05) is 0 Å². The molecule has 1 atom stereocenters. The van der Waals surface area contributed by atoms with Gasteiger partial charge in [-0.15, -0.1) is 0 Å². The summed E-state index contributed by atoms with van der Waals surface area (Å²) in [5.41, 5.74) is 5.64. The molecule has 2 heterocycles. The van der Waals surface area contributed by atoms with E-state index in [0.29, 0.717) is 22.9 Å². The molecule has 0 aromatic carbocycles. The lowest BCUT2D eigenvalue weighted by Crippen LogP contribution is -2.41. The van der Waals surface area contributed by atoms with Gasteiger partial charge in [-0.3, -0.25) is 4.79 Å². The van der Waals surface area contributed by atoms with Crippen LogP contribution in [0, 0.1) is 5.92 Å². The van der Waals surface area contributed by atoms with Gasteiger partial charge < -0.3 is 15.1 Å². The standard InChI is InChI=1S/C11H15BrN2O2/c12-10-4-3-9(16-10)11(15)14-5-1-2-8(6-13)7-14/h3-4,8H,1-2,5-7,13H2. The molecule has 0 saturated carbocycles. The maximum absolute atomic E-state index is 12.0. The van der Waals surface area contributed by atoms with Crippen molar-refractivity contribution < 1.29 is 9.21 Å². The molecule has 1 aliphatic heterocycles. The van der Waals surface area contributed by atoms with Crippen LogP contribution in [0.3, 0.4) is 0 Å². The third-order valence-corrected chi connectivity index (χ3v) is 3.35. The maximum Gasteiger partial charge on any atom is 0.289 e. The van der Waals surface area contributed by atoms with Crippen LogP contribution < -0.4 is 5.73 Å². The smallest absolute Gasteiger partial charge is 0.289 e. The lowest BCUT2D eigenvalue weighted by Gasteiger charge is -2.31. The molecule has 1 aromatic rings. The van der Waals surface area contributed by atoms with Gasteiger partial charge in [0.2, 0.25) is 0 Å². The Hall–Kier alpha value is -0.810. The number of carbonyl (C=O) groups is 1. The summed E-state index contributed by atoms with van der Waals surface area (Å²) in [6, 6.07) is 3.43. The number of halogens is 1. The number of amides is 1. The molecule has 2 rings (SSSR count). The summed E-state index contributed by atoms with van der Waals surface area (Å²) >= 11 is 3.19. The Kier molecular flexibility index (Phi) is 3.66. The first kappa shape index (κ1) is 11.7. The number of hydrogen-bond donors (Lipinski definition) is 1. The molecule has 0 aliphatic carbocycles. The summed E-state index contributed by atoms with van der Waals surface area (Å²) in [4.78, 5) is 13.9. The van der Waals surface area contributed by atoms with Crippen molar-refractivity contribution in [2.24, 2.45) is 11.7 Å². The second kappa shape index (κ2) is 5.01. The topological polar surface area (TPSA) is 59.5 Å². The van der Waals surface area contributed by atoms with Crippen molar-refractivity contribution in [3.05, 3.63) is 22.6 Å². The predicted octanol–water partition coefficient (Wildman–Crippen LogP) is 1.85. The minimum atomic E-state index is -0.0381. The van der Waals surface area contributed by atoms with Crippen molar-refractivity contribution >= 4 is 21.8 Å². The van der Waals surface area contributed by atoms with Crippen LogP contribution in [-0.2, 0) is 0 Å². The minimum Gasteiger partial charge on any atom is -0.444 e. The first-order valence-corrected chi connectivity index (χ1v) is 6.24. The van der Waals surface area contributed by atoms with Gasteiger partial charge in [-0.2, -0.15) is 0 Å². The van der Waals surface area contributed by atoms with Gasteiger partial charge in [-0.05, 0) is 53.4 Å². The highest BCUT2D eigenvalue weighted by atomic mass is 79.9. The number of rotatable bonds is 2. The first-order valence-electron chi connectivity index (χ1n) is 5.45. The molecule has 1 saturated heterocycles. The van der Waals surface area contributed by atoms with E-state index in [-0.39, 0.29) is 5.91 Å². The van der Waals surface area contributed by atoms with E-state index in [9.17, 15) is 4.79 Å². The van der Waals surface area contributed by atoms with E-state index in [1.54, 1.807) is 12.1 Å². The van der Waals surface area contributed by atoms with E-state index in [2.05, 4.69) is 15.9 Å². The van der Waals surface area contributed by atoms with Crippen molar-refractivity contribution in [1.29, 1.82) is 0 Å². The quantitative estimate of drug-likeness (QED) is 0.903. The Morgan fingerprint density at radius 2 is 2.44 bits per heavy atom. The van der Waals surface area contributed by atoms with Crippen LogP contribution in [0.5, 0.6) is 0 Å². The van der Waals surface area contributed by atoms with Gasteiger partial charge in [0.1, 0.15) is 0 Å². The molecule has 4 nitrogen and oxygen atoms in total. The molecule has 2 N–H and O–H groups in total. The molecule has 1 amide bonds. The van der Waals surface area contributed by atoms with E-state index in [1.807, 2.05) is 4.90 Å². The molecule has 16 heavy (non-hydrogen) atoms. The van der Waals surface area contributed by atoms with E-state index in [1.165, 1.54) is 0 Å². The largest absolute Gasteiger partial charge is 0.444 e. The number of likely N-dealkylation sites (tertiary alicyclic amines) is 1. The summed E-state index contributed by atoms with van der Waals surface area (Å²) < 4.78 is 5.85. The summed E-state index contributed by atoms with van der Waals surface area (Å²) in [5, 5.41) is 0. The van der Waals surface area contributed by atoms with Crippen LogP contribution in [0.15, 0.2) is 21.2 Å². The lowest BCUT2D eigenvalue weighted by molar-refractivity contribution is 0.0644. The molecular formula is C11H15BrN2O2. The highest BCUT2D eigenvalue weighted by Crippen LogP contribution is 2.20. The highest BCUT2D eigenvalue weighted by molar-refractivity contribution is 9.10. The summed E-state index contributed by atoms with van der Waals surface area (Å²) in [5.74, 6) is 0.782. The summed E-state index contributed by atoms with van der Waals surface area (Å²) in [6.07, 6.45) is 2.14. The maximum atomic E-state index is 12.0. The van der Waals surface area contributed by atoms with E-state index < -0.39 is 0 Å². The Labute approximate surface area is 103 Å². The van der Waals surface area contributed by atoms with Crippen molar-refractivity contribution in [2.45, 2.75) is 12.8 Å². The SMILES string of the molecule is NCC1CCCN(C(=O)c2ccc(Br)o2)C1. The zero-order valence-electron chi connectivity index (χ0n) is 8.99. The van der Waals surface area contributed by atoms with Crippen LogP contribution in [0.2, 0.25) is 0 Å². The number of furan rings is 1. The molecular weight excluding hydrogens is 272 g/mol. The van der Waals surface area contributed by atoms with Crippen molar-refractivity contribution in [3.8, 4) is 0 Å². The Balaban J connectivity index is 2.04. The van der Waals surface area contributed by atoms with Crippen LogP contribution in [0.25, 0.3) is 0 Å². The second-order valence-corrected chi connectivity index (χ2v) is 4.88. The van der Waals surface area contributed by atoms with Crippen LogP contribution >= 0.6 is 15.9 Å². The molecule has 1 fully saturated rings. The molecule has 1 aliphatic rings. The van der Waals surface area contributed by atoms with Gasteiger partial charge >= 0.3 is 0 Å². The molecule has 0 spiro atoms. The highest BCUT2D eigenvalue weighted by Gasteiger charge is 2.25. The second-order valence-electron chi connectivity index (χ2n) is 4.10. The summed E-state index contributed by atoms with van der Waals surface area (Å²) in [6.45, 7) is 2.19. The van der Waals surface area contributed by atoms with E-state index in [0.717, 1.165) is 25.9 Å². The van der Waals surface area contributed by atoms with Gasteiger partial charge in [0.25, 0.3) is 5.91 Å². The summed E-state index contributed by atoms with van der Waals surface area (Å²) in [7, 11) is 0. The average Bonchev–Trinajstić information content (AvgIpc) is 2.75. The molecule has 88 valence electrons. The fourth-order valence-corrected chi connectivity index (χ4v) is 2.33. The number of carbonyl (C=O) groups excluding carboxylic acids is 1. The Morgan fingerprint density at radius 1 is 1.62 bits per heavy atom. The van der Waals surface area contributed by atoms with Crippen LogP contribution in [0.4, 0.5) is 0 Å². The lowest BCUT2D eigenvalue weighted by atomic mass is 9.98. The van der Waals surface area contributed by atoms with Gasteiger partial charge in [0.15, 0.2) is 10.4 Å².